The van der Waals surface area contributed by atoms with Crippen LogP contribution in [0, 0.1) is 12.3 Å². The van der Waals surface area contributed by atoms with E-state index >= 15 is 0 Å². The predicted molar refractivity (Wildman–Crippen MR) is 67.0 cm³/mol. The van der Waals surface area contributed by atoms with E-state index in [0.29, 0.717) is 19.6 Å². The zero-order valence-corrected chi connectivity index (χ0v) is 9.78. The molecule has 0 aliphatic rings. The average Bonchev–Trinajstić information content (AvgIpc) is 2.31. The van der Waals surface area contributed by atoms with E-state index in [4.69, 9.17) is 11.2 Å². The summed E-state index contributed by atoms with van der Waals surface area (Å²) >= 11 is 0. The maximum absolute atomic E-state index is 5.63. The smallest absolute Gasteiger partial charge is 0.0717 e. The Labute approximate surface area is 98.0 Å². The number of benzene rings is 1. The highest BCUT2D eigenvalue weighted by Gasteiger charge is 2.05. The second-order valence-corrected chi connectivity index (χ2v) is 3.66. The SMILES string of the molecule is C#CCC(COCc1ccccc1)NCC. The first-order valence-corrected chi connectivity index (χ1v) is 5.65. The lowest BCUT2D eigenvalue weighted by atomic mass is 10.2. The summed E-state index contributed by atoms with van der Waals surface area (Å²) in [6.45, 7) is 4.29. The topological polar surface area (TPSA) is 21.3 Å². The van der Waals surface area contributed by atoms with Crippen molar-refractivity contribution in [3.8, 4) is 12.3 Å². The van der Waals surface area contributed by atoms with Crippen molar-refractivity contribution in [1.29, 1.82) is 0 Å². The Morgan fingerprint density at radius 3 is 2.75 bits per heavy atom. The molecule has 16 heavy (non-hydrogen) atoms. The van der Waals surface area contributed by atoms with Gasteiger partial charge >= 0.3 is 0 Å². The van der Waals surface area contributed by atoms with Gasteiger partial charge in [0.25, 0.3) is 0 Å². The number of likely N-dealkylation sites (N-methyl/N-ethyl adjacent to an activating group) is 1. The van der Waals surface area contributed by atoms with Crippen LogP contribution in [0.1, 0.15) is 18.9 Å². The second-order valence-electron chi connectivity index (χ2n) is 3.66. The average molecular weight is 217 g/mol. The molecule has 2 heteroatoms. The van der Waals surface area contributed by atoms with Crippen LogP contribution in [0.25, 0.3) is 0 Å². The first kappa shape index (κ1) is 12.8. The minimum Gasteiger partial charge on any atom is -0.375 e. The third kappa shape index (κ3) is 4.97. The maximum Gasteiger partial charge on any atom is 0.0717 e. The third-order valence-electron chi connectivity index (χ3n) is 2.29. The summed E-state index contributed by atoms with van der Waals surface area (Å²) < 4.78 is 5.63. The van der Waals surface area contributed by atoms with E-state index in [2.05, 4.69) is 30.3 Å². The molecule has 0 fully saturated rings. The predicted octanol–water partition coefficient (Wildman–Crippen LogP) is 2.20. The quantitative estimate of drug-likeness (QED) is 0.707. The molecular weight excluding hydrogens is 198 g/mol. The summed E-state index contributed by atoms with van der Waals surface area (Å²) in [7, 11) is 0. The van der Waals surface area contributed by atoms with Crippen molar-refractivity contribution in [1.82, 2.24) is 5.32 Å². The van der Waals surface area contributed by atoms with Crippen molar-refractivity contribution in [2.24, 2.45) is 0 Å². The lowest BCUT2D eigenvalue weighted by molar-refractivity contribution is 0.100. The summed E-state index contributed by atoms with van der Waals surface area (Å²) in [6, 6.07) is 10.4. The molecule has 0 spiro atoms. The molecule has 1 N–H and O–H groups in total. The van der Waals surface area contributed by atoms with Crippen molar-refractivity contribution in [3.05, 3.63) is 35.9 Å². The van der Waals surface area contributed by atoms with Crippen LogP contribution in [0.2, 0.25) is 0 Å². The molecule has 1 aromatic rings. The molecule has 1 rings (SSSR count). The van der Waals surface area contributed by atoms with Gasteiger partial charge in [0.05, 0.1) is 13.2 Å². The minimum absolute atomic E-state index is 0.263. The zero-order valence-electron chi connectivity index (χ0n) is 9.78. The van der Waals surface area contributed by atoms with Gasteiger partial charge in [0.2, 0.25) is 0 Å². The number of hydrogen-bond acceptors (Lipinski definition) is 2. The molecular formula is C14H19NO. The van der Waals surface area contributed by atoms with Crippen molar-refractivity contribution in [2.75, 3.05) is 13.2 Å². The van der Waals surface area contributed by atoms with Gasteiger partial charge in [0, 0.05) is 12.5 Å². The molecule has 0 heterocycles. The van der Waals surface area contributed by atoms with Crippen LogP contribution in [-0.4, -0.2) is 19.2 Å². The number of terminal acetylenes is 1. The molecule has 1 atom stereocenters. The van der Waals surface area contributed by atoms with Crippen molar-refractivity contribution >= 4 is 0 Å². The van der Waals surface area contributed by atoms with E-state index in [0.717, 1.165) is 6.54 Å². The number of ether oxygens (including phenoxy) is 1. The standard InChI is InChI=1S/C14H19NO/c1-3-8-14(15-4-2)12-16-11-13-9-6-5-7-10-13/h1,5-7,9-10,14-15H,4,8,11-12H2,2H3. The fourth-order valence-corrected chi connectivity index (χ4v) is 1.51. The molecule has 86 valence electrons. The largest absolute Gasteiger partial charge is 0.375 e. The fourth-order valence-electron chi connectivity index (χ4n) is 1.51. The summed E-state index contributed by atoms with van der Waals surface area (Å²) in [4.78, 5) is 0. The van der Waals surface area contributed by atoms with Crippen molar-refractivity contribution in [3.63, 3.8) is 0 Å². The monoisotopic (exact) mass is 217 g/mol. The van der Waals surface area contributed by atoms with Crippen LogP contribution in [0.3, 0.4) is 0 Å². The number of hydrogen-bond donors (Lipinski definition) is 1. The Kier molecular flexibility index (Phi) is 6.32. The van der Waals surface area contributed by atoms with E-state index in [1.807, 2.05) is 18.2 Å². The Balaban J connectivity index is 2.25. The summed E-state index contributed by atoms with van der Waals surface area (Å²) in [6.07, 6.45) is 6.01. The number of rotatable bonds is 7. The lowest BCUT2D eigenvalue weighted by Crippen LogP contribution is -2.32. The van der Waals surface area contributed by atoms with Crippen LogP contribution in [0.5, 0.6) is 0 Å². The van der Waals surface area contributed by atoms with Crippen LogP contribution < -0.4 is 5.32 Å². The van der Waals surface area contributed by atoms with Gasteiger partial charge in [-0.15, -0.1) is 12.3 Å². The molecule has 0 aliphatic heterocycles. The van der Waals surface area contributed by atoms with Crippen molar-refractivity contribution < 1.29 is 4.74 Å². The maximum atomic E-state index is 5.63. The van der Waals surface area contributed by atoms with E-state index in [-0.39, 0.29) is 6.04 Å². The Bertz CT molecular complexity index is 315. The number of nitrogens with one attached hydrogen (secondary N) is 1. The van der Waals surface area contributed by atoms with Gasteiger partial charge in [-0.25, -0.2) is 0 Å². The van der Waals surface area contributed by atoms with E-state index in [9.17, 15) is 0 Å². The second kappa shape index (κ2) is 7.92. The summed E-state index contributed by atoms with van der Waals surface area (Å²) in [5, 5.41) is 3.30. The first-order chi connectivity index (χ1) is 7.86. The van der Waals surface area contributed by atoms with Gasteiger partial charge in [-0.05, 0) is 12.1 Å². The van der Waals surface area contributed by atoms with Crippen molar-refractivity contribution in [2.45, 2.75) is 26.0 Å². The molecule has 0 saturated carbocycles. The van der Waals surface area contributed by atoms with Gasteiger partial charge in [-0.2, -0.15) is 0 Å². The summed E-state index contributed by atoms with van der Waals surface area (Å²) in [5.41, 5.74) is 1.19. The van der Waals surface area contributed by atoms with Gasteiger partial charge in [-0.3, -0.25) is 0 Å². The van der Waals surface area contributed by atoms with Crippen LogP contribution in [0.15, 0.2) is 30.3 Å². The van der Waals surface area contributed by atoms with Gasteiger partial charge in [0.15, 0.2) is 0 Å². The van der Waals surface area contributed by atoms with Crippen LogP contribution in [0.4, 0.5) is 0 Å². The highest BCUT2D eigenvalue weighted by Crippen LogP contribution is 2.01. The Morgan fingerprint density at radius 1 is 1.38 bits per heavy atom. The fraction of sp³-hybridized carbons (Fsp3) is 0.429. The van der Waals surface area contributed by atoms with Crippen LogP contribution in [-0.2, 0) is 11.3 Å². The highest BCUT2D eigenvalue weighted by molar-refractivity contribution is 5.13. The molecule has 0 amide bonds. The van der Waals surface area contributed by atoms with Gasteiger partial charge in [-0.1, -0.05) is 37.3 Å². The molecule has 1 unspecified atom stereocenters. The molecule has 2 nitrogen and oxygen atoms in total. The molecule has 1 aromatic carbocycles. The van der Waals surface area contributed by atoms with Crippen LogP contribution >= 0.6 is 0 Å². The van der Waals surface area contributed by atoms with Gasteiger partial charge in [0.1, 0.15) is 0 Å². The van der Waals surface area contributed by atoms with E-state index in [1.165, 1.54) is 5.56 Å². The minimum atomic E-state index is 0.263. The normalized spacial score (nSPS) is 12.0. The van der Waals surface area contributed by atoms with E-state index < -0.39 is 0 Å². The molecule has 0 aliphatic carbocycles. The summed E-state index contributed by atoms with van der Waals surface area (Å²) in [5.74, 6) is 2.66. The molecule has 0 bridgehead atoms. The first-order valence-electron chi connectivity index (χ1n) is 5.65. The zero-order chi connectivity index (χ0) is 11.6. The van der Waals surface area contributed by atoms with Gasteiger partial charge < -0.3 is 10.1 Å². The molecule has 0 radical (unpaired) electrons. The molecule has 0 saturated heterocycles. The third-order valence-corrected chi connectivity index (χ3v) is 2.29. The Hall–Kier alpha value is -1.30. The molecule has 0 aromatic heterocycles. The van der Waals surface area contributed by atoms with E-state index in [1.54, 1.807) is 0 Å². The highest BCUT2D eigenvalue weighted by atomic mass is 16.5. The lowest BCUT2D eigenvalue weighted by Gasteiger charge is -2.15. The Morgan fingerprint density at radius 2 is 2.12 bits per heavy atom.